The van der Waals surface area contributed by atoms with Gasteiger partial charge in [-0.2, -0.15) is 0 Å². The Morgan fingerprint density at radius 1 is 1.48 bits per heavy atom. The van der Waals surface area contributed by atoms with Gasteiger partial charge < -0.3 is 15.2 Å². The molecule has 4 heteroatoms. The van der Waals surface area contributed by atoms with E-state index in [2.05, 4.69) is 17.2 Å². The van der Waals surface area contributed by atoms with Crippen LogP contribution in [0.25, 0.3) is 0 Å². The van der Waals surface area contributed by atoms with Gasteiger partial charge in [0.2, 0.25) is 5.91 Å². The molecule has 0 radical (unpaired) electrons. The first-order chi connectivity index (χ1) is 10.1. The summed E-state index contributed by atoms with van der Waals surface area (Å²) in [5.41, 5.74) is 2.54. The summed E-state index contributed by atoms with van der Waals surface area (Å²) in [5, 5.41) is 11.7. The number of carbonyl (C=O) groups excluding carboxylic acids is 1. The van der Waals surface area contributed by atoms with Gasteiger partial charge in [0.15, 0.2) is 0 Å². The number of carbonyl (C=O) groups is 1. The van der Waals surface area contributed by atoms with Crippen molar-refractivity contribution in [2.75, 3.05) is 19.0 Å². The number of hydrogen-bond acceptors (Lipinski definition) is 3. The van der Waals surface area contributed by atoms with E-state index in [1.54, 1.807) is 7.11 Å². The average Bonchev–Trinajstić information content (AvgIpc) is 2.47. The molecule has 0 spiro atoms. The lowest BCUT2D eigenvalue weighted by atomic mass is 10.1. The fourth-order valence-electron chi connectivity index (χ4n) is 1.75. The second-order valence-electron chi connectivity index (χ2n) is 4.96. The van der Waals surface area contributed by atoms with Crippen LogP contribution in [-0.4, -0.2) is 30.8 Å². The van der Waals surface area contributed by atoms with Crippen molar-refractivity contribution in [2.45, 2.75) is 39.2 Å². The number of rotatable bonds is 6. The molecular weight excluding hydrogens is 266 g/mol. The summed E-state index contributed by atoms with van der Waals surface area (Å²) in [7, 11) is 1.64. The Bertz CT molecular complexity index is 529. The Balaban J connectivity index is 2.75. The van der Waals surface area contributed by atoms with Crippen LogP contribution in [0.15, 0.2) is 18.2 Å². The van der Waals surface area contributed by atoms with Crippen molar-refractivity contribution in [2.24, 2.45) is 0 Å². The molecule has 0 aliphatic carbocycles. The molecule has 1 aromatic rings. The number of amides is 1. The van der Waals surface area contributed by atoms with Gasteiger partial charge in [-0.25, -0.2) is 0 Å². The van der Waals surface area contributed by atoms with Crippen LogP contribution in [0.2, 0.25) is 0 Å². The fraction of sp³-hybridized carbons (Fsp3) is 0.471. The summed E-state index contributed by atoms with van der Waals surface area (Å²) in [6.45, 7) is 3.94. The molecule has 1 unspecified atom stereocenters. The van der Waals surface area contributed by atoms with Crippen LogP contribution >= 0.6 is 0 Å². The summed E-state index contributed by atoms with van der Waals surface area (Å²) in [6.07, 6.45) is 1.58. The first-order valence-electron chi connectivity index (χ1n) is 7.10. The third kappa shape index (κ3) is 6.44. The maximum atomic E-state index is 12.0. The van der Waals surface area contributed by atoms with Crippen LogP contribution in [-0.2, 0) is 9.53 Å². The van der Waals surface area contributed by atoms with Crippen LogP contribution in [0, 0.1) is 18.8 Å². The van der Waals surface area contributed by atoms with Gasteiger partial charge >= 0.3 is 0 Å². The van der Waals surface area contributed by atoms with Crippen LogP contribution < -0.4 is 5.32 Å². The van der Waals surface area contributed by atoms with Crippen molar-refractivity contribution >= 4 is 11.6 Å². The lowest BCUT2D eigenvalue weighted by molar-refractivity contribution is -0.116. The fourth-order valence-corrected chi connectivity index (χ4v) is 1.75. The molecule has 0 saturated carbocycles. The number of aryl methyl sites for hydroxylation is 1. The van der Waals surface area contributed by atoms with E-state index in [-0.39, 0.29) is 18.6 Å². The van der Waals surface area contributed by atoms with Crippen molar-refractivity contribution in [3.63, 3.8) is 0 Å². The number of methoxy groups -OCH3 is 1. The molecule has 0 fully saturated rings. The minimum Gasteiger partial charge on any atom is -0.395 e. The zero-order valence-corrected chi connectivity index (χ0v) is 12.9. The molecule has 21 heavy (non-hydrogen) atoms. The van der Waals surface area contributed by atoms with E-state index in [0.29, 0.717) is 19.3 Å². The molecule has 0 aliphatic rings. The zero-order valence-electron chi connectivity index (χ0n) is 12.9. The van der Waals surface area contributed by atoms with Crippen LogP contribution in [0.5, 0.6) is 0 Å². The molecule has 4 nitrogen and oxygen atoms in total. The quantitative estimate of drug-likeness (QED) is 0.791. The van der Waals surface area contributed by atoms with E-state index in [1.807, 2.05) is 32.0 Å². The molecule has 114 valence electrons. The highest BCUT2D eigenvalue weighted by atomic mass is 16.5. The molecular formula is C17H23NO3. The zero-order chi connectivity index (χ0) is 15.7. The Morgan fingerprint density at radius 2 is 2.24 bits per heavy atom. The third-order valence-corrected chi connectivity index (χ3v) is 3.09. The first kappa shape index (κ1) is 17.2. The molecule has 1 aromatic carbocycles. The molecule has 2 N–H and O–H groups in total. The molecule has 0 heterocycles. The van der Waals surface area contributed by atoms with Gasteiger partial charge in [-0.3, -0.25) is 4.79 Å². The Hall–Kier alpha value is -1.83. The highest BCUT2D eigenvalue weighted by Gasteiger charge is 2.08. The van der Waals surface area contributed by atoms with E-state index in [1.165, 1.54) is 0 Å². The number of hydrogen-bond donors (Lipinski definition) is 2. The summed E-state index contributed by atoms with van der Waals surface area (Å²) < 4.78 is 5.13. The van der Waals surface area contributed by atoms with Gasteiger partial charge in [-0.1, -0.05) is 17.9 Å². The van der Waals surface area contributed by atoms with E-state index in [9.17, 15) is 4.79 Å². The van der Waals surface area contributed by atoms with E-state index in [0.717, 1.165) is 16.8 Å². The molecule has 1 rings (SSSR count). The van der Waals surface area contributed by atoms with E-state index < -0.39 is 0 Å². The molecule has 0 saturated heterocycles. The van der Waals surface area contributed by atoms with Crippen LogP contribution in [0.4, 0.5) is 5.69 Å². The van der Waals surface area contributed by atoms with E-state index >= 15 is 0 Å². The van der Waals surface area contributed by atoms with E-state index in [4.69, 9.17) is 9.84 Å². The van der Waals surface area contributed by atoms with Crippen LogP contribution in [0.3, 0.4) is 0 Å². The van der Waals surface area contributed by atoms with Crippen LogP contribution in [0.1, 0.15) is 37.3 Å². The van der Waals surface area contributed by atoms with Gasteiger partial charge in [0, 0.05) is 25.5 Å². The SMILES string of the molecule is COC(C)CCC(=O)Nc1cc(C)ccc1C#CCCO. The molecule has 1 amide bonds. The van der Waals surface area contributed by atoms with Crippen molar-refractivity contribution in [1.82, 2.24) is 0 Å². The van der Waals surface area contributed by atoms with Gasteiger partial charge in [0.25, 0.3) is 0 Å². The molecule has 0 aromatic heterocycles. The highest BCUT2D eigenvalue weighted by molar-refractivity contribution is 5.92. The maximum absolute atomic E-state index is 12.0. The molecule has 1 atom stereocenters. The summed E-state index contributed by atoms with van der Waals surface area (Å²) in [5.74, 6) is 5.80. The van der Waals surface area contributed by atoms with Crippen molar-refractivity contribution in [3.05, 3.63) is 29.3 Å². The predicted octanol–water partition coefficient (Wildman–Crippen LogP) is 2.48. The lowest BCUT2D eigenvalue weighted by Crippen LogP contribution is -2.15. The smallest absolute Gasteiger partial charge is 0.224 e. The van der Waals surface area contributed by atoms with Crippen molar-refractivity contribution in [1.29, 1.82) is 0 Å². The highest BCUT2D eigenvalue weighted by Crippen LogP contribution is 2.17. The second kappa shape index (κ2) is 9.17. The monoisotopic (exact) mass is 289 g/mol. The summed E-state index contributed by atoms with van der Waals surface area (Å²) >= 11 is 0. The minimum atomic E-state index is -0.0466. The Kier molecular flexibility index (Phi) is 7.52. The van der Waals surface area contributed by atoms with Gasteiger partial charge in [-0.05, 0) is 38.0 Å². The summed E-state index contributed by atoms with van der Waals surface area (Å²) in [6, 6.07) is 5.74. The largest absolute Gasteiger partial charge is 0.395 e. The lowest BCUT2D eigenvalue weighted by Gasteiger charge is -2.11. The Morgan fingerprint density at radius 3 is 2.90 bits per heavy atom. The number of nitrogens with one attached hydrogen (secondary N) is 1. The second-order valence-corrected chi connectivity index (χ2v) is 4.96. The maximum Gasteiger partial charge on any atom is 0.224 e. The number of ether oxygens (including phenoxy) is 1. The molecule has 0 aliphatic heterocycles. The number of benzene rings is 1. The van der Waals surface area contributed by atoms with Crippen molar-refractivity contribution in [3.8, 4) is 11.8 Å². The third-order valence-electron chi connectivity index (χ3n) is 3.09. The minimum absolute atomic E-state index is 0.0372. The molecule has 0 bridgehead atoms. The van der Waals surface area contributed by atoms with Crippen molar-refractivity contribution < 1.29 is 14.6 Å². The average molecular weight is 289 g/mol. The normalized spacial score (nSPS) is 11.4. The standard InChI is InChI=1S/C17H23NO3/c1-13-7-9-15(6-4-5-11-19)16(12-13)18-17(20)10-8-14(2)21-3/h7,9,12,14,19H,5,8,10-11H2,1-3H3,(H,18,20). The first-order valence-corrected chi connectivity index (χ1v) is 7.10. The predicted molar refractivity (Wildman–Crippen MR) is 84.1 cm³/mol. The topological polar surface area (TPSA) is 58.6 Å². The number of anilines is 1. The number of aliphatic hydroxyl groups is 1. The Labute approximate surface area is 126 Å². The van der Waals surface area contributed by atoms with Gasteiger partial charge in [0.05, 0.1) is 18.4 Å². The number of aliphatic hydroxyl groups excluding tert-OH is 1. The summed E-state index contributed by atoms with van der Waals surface area (Å²) in [4.78, 5) is 12.0. The van der Waals surface area contributed by atoms with Gasteiger partial charge in [-0.15, -0.1) is 0 Å². The van der Waals surface area contributed by atoms with Gasteiger partial charge in [0.1, 0.15) is 0 Å².